The first kappa shape index (κ1) is 24.4. The van der Waals surface area contributed by atoms with Crippen LogP contribution in [0, 0.1) is 34.5 Å². The van der Waals surface area contributed by atoms with Gasteiger partial charge in [-0.05, 0) is 67.8 Å². The summed E-state index contributed by atoms with van der Waals surface area (Å²) in [7, 11) is 0. The molecule has 186 valence electrons. The van der Waals surface area contributed by atoms with E-state index in [1.807, 2.05) is 13.0 Å². The van der Waals surface area contributed by atoms with Crippen molar-refractivity contribution in [1.82, 2.24) is 10.2 Å². The lowest BCUT2D eigenvalue weighted by molar-refractivity contribution is -0.192. The summed E-state index contributed by atoms with van der Waals surface area (Å²) in [5.41, 5.74) is -0.864. The summed E-state index contributed by atoms with van der Waals surface area (Å²) in [6, 6.07) is 0.0218. The lowest BCUT2D eigenvalue weighted by Gasteiger charge is -2.58. The summed E-state index contributed by atoms with van der Waals surface area (Å²) in [6.07, 6.45) is -2.44. The fourth-order valence-corrected chi connectivity index (χ4v) is 7.60. The monoisotopic (exact) mass is 480 g/mol. The Morgan fingerprint density at radius 1 is 1.00 bits per heavy atom. The van der Waals surface area contributed by atoms with Gasteiger partial charge in [-0.2, -0.15) is 26.3 Å². The van der Waals surface area contributed by atoms with E-state index in [1.165, 1.54) is 0 Å². The molecule has 0 aromatic heterocycles. The first-order chi connectivity index (χ1) is 15.1. The minimum Gasteiger partial charge on any atom is -0.349 e. The Balaban J connectivity index is 1.57. The van der Waals surface area contributed by atoms with Crippen molar-refractivity contribution in [2.24, 2.45) is 34.5 Å². The Bertz CT molecular complexity index is 824. The number of hydrogen-bond donors (Lipinski definition) is 1. The van der Waals surface area contributed by atoms with Crippen molar-refractivity contribution in [1.29, 1.82) is 0 Å². The second kappa shape index (κ2) is 7.90. The summed E-state index contributed by atoms with van der Waals surface area (Å²) in [5.74, 6) is -1.45. The third-order valence-electron chi connectivity index (χ3n) is 9.04. The Morgan fingerprint density at radius 2 is 1.64 bits per heavy atom. The molecule has 3 fully saturated rings. The first-order valence-electron chi connectivity index (χ1n) is 11.6. The van der Waals surface area contributed by atoms with E-state index in [9.17, 15) is 35.9 Å². The van der Waals surface area contributed by atoms with Crippen LogP contribution in [0.3, 0.4) is 0 Å². The lowest BCUT2D eigenvalue weighted by atomic mass is 9.48. The third kappa shape index (κ3) is 4.38. The van der Waals surface area contributed by atoms with Gasteiger partial charge in [0.2, 0.25) is 11.8 Å². The molecule has 4 aliphatic rings. The second-order valence-corrected chi connectivity index (χ2v) is 10.8. The summed E-state index contributed by atoms with van der Waals surface area (Å²) in [5, 5.41) is 3.05. The van der Waals surface area contributed by atoms with E-state index in [0.29, 0.717) is 19.3 Å². The number of hydrogen-bond acceptors (Lipinski definition) is 2. The molecule has 4 rings (SSSR count). The van der Waals surface area contributed by atoms with Crippen molar-refractivity contribution in [3.63, 3.8) is 0 Å². The molecule has 10 heteroatoms. The van der Waals surface area contributed by atoms with Gasteiger partial charge in [0, 0.05) is 17.4 Å². The molecule has 0 bridgehead atoms. The van der Waals surface area contributed by atoms with Crippen molar-refractivity contribution in [2.45, 2.75) is 70.8 Å². The highest BCUT2D eigenvalue weighted by Gasteiger charge is 2.61. The molecule has 3 saturated carbocycles. The van der Waals surface area contributed by atoms with Gasteiger partial charge in [0.15, 0.2) is 0 Å². The van der Waals surface area contributed by atoms with Gasteiger partial charge in [-0.3, -0.25) is 9.59 Å². The molecule has 33 heavy (non-hydrogen) atoms. The largest absolute Gasteiger partial charge is 0.406 e. The van der Waals surface area contributed by atoms with E-state index in [4.69, 9.17) is 0 Å². The van der Waals surface area contributed by atoms with Crippen LogP contribution in [0.5, 0.6) is 0 Å². The number of halogens is 6. The smallest absolute Gasteiger partial charge is 0.349 e. The zero-order chi connectivity index (χ0) is 24.4. The molecule has 0 radical (unpaired) electrons. The van der Waals surface area contributed by atoms with E-state index in [1.54, 1.807) is 6.08 Å². The summed E-state index contributed by atoms with van der Waals surface area (Å²) < 4.78 is 78.0. The Kier molecular flexibility index (Phi) is 5.84. The highest BCUT2D eigenvalue weighted by molar-refractivity contribution is 5.89. The number of nitrogens with one attached hydrogen (secondary N) is 1. The molecule has 0 aromatic carbocycles. The van der Waals surface area contributed by atoms with Crippen LogP contribution in [0.1, 0.15) is 52.4 Å². The van der Waals surface area contributed by atoms with Gasteiger partial charge in [0.05, 0.1) is 0 Å². The molecule has 2 amide bonds. The van der Waals surface area contributed by atoms with Crippen molar-refractivity contribution in [3.05, 3.63) is 12.2 Å². The Hall–Kier alpha value is -1.74. The zero-order valence-corrected chi connectivity index (χ0v) is 18.7. The summed E-state index contributed by atoms with van der Waals surface area (Å²) in [4.78, 5) is 24.9. The molecule has 7 atom stereocenters. The fraction of sp³-hybridized carbons (Fsp3) is 0.826. The molecule has 1 heterocycles. The van der Waals surface area contributed by atoms with E-state index in [2.05, 4.69) is 12.2 Å². The first-order valence-corrected chi connectivity index (χ1v) is 11.6. The quantitative estimate of drug-likeness (QED) is 0.587. The number of carbonyl (C=O) groups is 2. The fourth-order valence-electron chi connectivity index (χ4n) is 7.60. The van der Waals surface area contributed by atoms with Crippen molar-refractivity contribution in [2.75, 3.05) is 13.1 Å². The molecule has 2 unspecified atom stereocenters. The molecule has 0 aromatic rings. The number of amides is 2. The number of fused-ring (bicyclic) bond motifs is 5. The van der Waals surface area contributed by atoms with Crippen LogP contribution >= 0.6 is 0 Å². The molecular formula is C23H30F6N2O2. The summed E-state index contributed by atoms with van der Waals surface area (Å²) in [6.45, 7) is 0.229. The van der Waals surface area contributed by atoms with Gasteiger partial charge in [0.25, 0.3) is 0 Å². The van der Waals surface area contributed by atoms with Crippen LogP contribution < -0.4 is 5.32 Å². The second-order valence-electron chi connectivity index (χ2n) is 10.8. The van der Waals surface area contributed by atoms with Crippen molar-refractivity contribution < 1.29 is 35.9 Å². The maximum absolute atomic E-state index is 13.1. The highest BCUT2D eigenvalue weighted by Crippen LogP contribution is 2.65. The van der Waals surface area contributed by atoms with E-state index < -0.39 is 42.7 Å². The average Bonchev–Trinajstić information content (AvgIpc) is 3.02. The third-order valence-corrected chi connectivity index (χ3v) is 9.04. The van der Waals surface area contributed by atoms with Gasteiger partial charge in [-0.15, -0.1) is 0 Å². The maximum atomic E-state index is 13.1. The van der Waals surface area contributed by atoms with E-state index >= 15 is 0 Å². The van der Waals surface area contributed by atoms with Crippen molar-refractivity contribution >= 4 is 11.8 Å². The van der Waals surface area contributed by atoms with Gasteiger partial charge >= 0.3 is 12.4 Å². The summed E-state index contributed by atoms with van der Waals surface area (Å²) >= 11 is 0. The zero-order valence-electron chi connectivity index (χ0n) is 18.7. The Labute approximate surface area is 189 Å². The van der Waals surface area contributed by atoms with Gasteiger partial charge in [0.1, 0.15) is 13.1 Å². The number of rotatable bonds is 3. The van der Waals surface area contributed by atoms with Gasteiger partial charge < -0.3 is 10.2 Å². The maximum Gasteiger partial charge on any atom is 0.406 e. The number of nitrogens with zero attached hydrogens (tertiary/aromatic N) is 1. The molecule has 1 aliphatic heterocycles. The van der Waals surface area contributed by atoms with Crippen LogP contribution in [0.15, 0.2) is 12.2 Å². The molecular weight excluding hydrogens is 450 g/mol. The normalized spacial score (nSPS) is 40.5. The van der Waals surface area contributed by atoms with Crippen LogP contribution in [0.4, 0.5) is 26.3 Å². The molecule has 1 N–H and O–H groups in total. The number of alkyl halides is 6. The standard InChI is InChI=1S/C23H30F6N2O2/c1-20-9-7-15-13(3-6-17-21(15,2)10-8-18(32)30-17)14(20)4-5-16(20)19(33)31(11-22(24,25)26)12-23(27,28)29/h8,10,13-17H,3-7,9,11-12H2,1-2H3,(H,30,32)/t13-,14-,15+,16?,17?,20-,21+/m0/s1. The SMILES string of the molecule is C[C@]12C=CC(=O)NC1CC[C@@H]1[C@H]2CC[C@]2(C)C(C(=O)N(CC(F)(F)F)CC(F)(F)F)CC[C@@H]12. The highest BCUT2D eigenvalue weighted by atomic mass is 19.4. The molecule has 4 nitrogen and oxygen atoms in total. The van der Waals surface area contributed by atoms with Gasteiger partial charge in [-0.1, -0.05) is 19.9 Å². The predicted octanol–water partition coefficient (Wildman–Crippen LogP) is 4.85. The minimum absolute atomic E-state index is 0.0218. The average molecular weight is 480 g/mol. The van der Waals surface area contributed by atoms with Gasteiger partial charge in [-0.25, -0.2) is 0 Å². The lowest BCUT2D eigenvalue weighted by Crippen LogP contribution is -2.59. The topological polar surface area (TPSA) is 49.4 Å². The van der Waals surface area contributed by atoms with E-state index in [0.717, 1.165) is 19.3 Å². The Morgan fingerprint density at radius 3 is 2.24 bits per heavy atom. The predicted molar refractivity (Wildman–Crippen MR) is 108 cm³/mol. The van der Waals surface area contributed by atoms with Crippen molar-refractivity contribution in [3.8, 4) is 0 Å². The number of carbonyl (C=O) groups excluding carboxylic acids is 2. The van der Waals surface area contributed by atoms with Crippen LogP contribution in [-0.4, -0.2) is 48.2 Å². The van der Waals surface area contributed by atoms with Crippen LogP contribution in [0.2, 0.25) is 0 Å². The minimum atomic E-state index is -4.90. The van der Waals surface area contributed by atoms with Crippen LogP contribution in [-0.2, 0) is 9.59 Å². The molecule has 0 saturated heterocycles. The van der Waals surface area contributed by atoms with E-state index in [-0.39, 0.29) is 40.0 Å². The molecule has 0 spiro atoms. The van der Waals surface area contributed by atoms with Crippen LogP contribution in [0.25, 0.3) is 0 Å². The molecule has 3 aliphatic carbocycles.